The van der Waals surface area contributed by atoms with Gasteiger partial charge in [0.25, 0.3) is 0 Å². The van der Waals surface area contributed by atoms with E-state index in [1.807, 2.05) is 54.6 Å². The molecule has 0 unspecified atom stereocenters. The molecule has 2 aromatic heterocycles. The van der Waals surface area contributed by atoms with E-state index in [1.54, 1.807) is 18.6 Å². The second kappa shape index (κ2) is 9.30. The van der Waals surface area contributed by atoms with Crippen molar-refractivity contribution in [1.82, 2.24) is 20.1 Å². The number of ether oxygens (including phenoxy) is 1. The molecule has 1 amide bonds. The van der Waals surface area contributed by atoms with Gasteiger partial charge in [0.2, 0.25) is 17.6 Å². The Kier molecular flexibility index (Phi) is 5.91. The minimum absolute atomic E-state index is 0.0322. The third kappa shape index (κ3) is 4.38. The molecule has 1 aliphatic rings. The van der Waals surface area contributed by atoms with Crippen molar-refractivity contribution in [3.8, 4) is 11.5 Å². The second-order valence-corrected chi connectivity index (χ2v) is 7.95. The average Bonchev–Trinajstić information content (AvgIpc) is 3.35. The first-order valence-corrected chi connectivity index (χ1v) is 10.9. The van der Waals surface area contributed by atoms with Crippen LogP contribution in [0.5, 0.6) is 0 Å². The third-order valence-corrected chi connectivity index (χ3v) is 5.97. The lowest BCUT2D eigenvalue weighted by molar-refractivity contribution is -0.125. The zero-order valence-corrected chi connectivity index (χ0v) is 18.0. The number of anilines is 1. The van der Waals surface area contributed by atoms with Crippen molar-refractivity contribution in [2.75, 3.05) is 18.5 Å². The normalized spacial score (nSPS) is 15.2. The highest BCUT2D eigenvalue weighted by Crippen LogP contribution is 2.36. The van der Waals surface area contributed by atoms with Crippen LogP contribution in [0.2, 0.25) is 0 Å². The highest BCUT2D eigenvalue weighted by atomic mass is 16.5. The van der Waals surface area contributed by atoms with Gasteiger partial charge < -0.3 is 14.6 Å². The van der Waals surface area contributed by atoms with Crippen LogP contribution in [0.15, 0.2) is 77.7 Å². The Morgan fingerprint density at radius 1 is 1.00 bits per heavy atom. The van der Waals surface area contributed by atoms with Crippen LogP contribution in [0, 0.1) is 0 Å². The van der Waals surface area contributed by atoms with Gasteiger partial charge in [0.15, 0.2) is 0 Å². The SMILES string of the molecule is O=C(Nc1ccccc1Cc1nc(-c2cnccn2)no1)C1(c2ccccc2)CCOCC1. The summed E-state index contributed by atoms with van der Waals surface area (Å²) < 4.78 is 11.0. The summed E-state index contributed by atoms with van der Waals surface area (Å²) in [6.07, 6.45) is 6.40. The van der Waals surface area contributed by atoms with Crippen LogP contribution < -0.4 is 5.32 Å². The lowest BCUT2D eigenvalue weighted by Crippen LogP contribution is -2.45. The van der Waals surface area contributed by atoms with E-state index in [0.717, 1.165) is 16.8 Å². The Morgan fingerprint density at radius 3 is 2.58 bits per heavy atom. The molecule has 0 bridgehead atoms. The molecule has 1 fully saturated rings. The van der Waals surface area contributed by atoms with Gasteiger partial charge in [-0.2, -0.15) is 4.98 Å². The molecule has 0 atom stereocenters. The fourth-order valence-corrected chi connectivity index (χ4v) is 4.17. The molecule has 5 rings (SSSR count). The topological polar surface area (TPSA) is 103 Å². The standard InChI is InChI=1S/C25H23N5O3/c31-24(25(10-14-32-15-11-25)19-7-2-1-3-8-19)28-20-9-5-4-6-18(20)16-22-29-23(30-33-22)21-17-26-12-13-27-21/h1-9,12-13,17H,10-11,14-16H2,(H,28,31). The molecule has 1 aliphatic heterocycles. The number of benzene rings is 2. The van der Waals surface area contributed by atoms with E-state index in [1.165, 1.54) is 0 Å². The fourth-order valence-electron chi connectivity index (χ4n) is 4.17. The molecule has 1 saturated heterocycles. The molecule has 3 heterocycles. The first-order chi connectivity index (χ1) is 16.2. The maximum absolute atomic E-state index is 13.7. The van der Waals surface area contributed by atoms with Crippen molar-refractivity contribution in [3.05, 3.63) is 90.2 Å². The number of para-hydroxylation sites is 1. The molecule has 166 valence electrons. The molecular weight excluding hydrogens is 418 g/mol. The smallest absolute Gasteiger partial charge is 0.235 e. The number of nitrogens with zero attached hydrogens (tertiary/aromatic N) is 4. The predicted octanol–water partition coefficient (Wildman–Crippen LogP) is 3.80. The highest BCUT2D eigenvalue weighted by molar-refractivity contribution is 5.99. The van der Waals surface area contributed by atoms with E-state index in [2.05, 4.69) is 25.4 Å². The van der Waals surface area contributed by atoms with Gasteiger partial charge in [-0.05, 0) is 30.0 Å². The van der Waals surface area contributed by atoms with E-state index >= 15 is 0 Å². The van der Waals surface area contributed by atoms with E-state index in [-0.39, 0.29) is 5.91 Å². The molecule has 0 spiro atoms. The number of aromatic nitrogens is 4. The van der Waals surface area contributed by atoms with Gasteiger partial charge in [-0.3, -0.25) is 9.78 Å². The minimum atomic E-state index is -0.629. The van der Waals surface area contributed by atoms with Gasteiger partial charge in [0, 0.05) is 31.3 Å². The van der Waals surface area contributed by atoms with Crippen LogP contribution in [0.25, 0.3) is 11.5 Å². The molecule has 0 aliphatic carbocycles. The first-order valence-electron chi connectivity index (χ1n) is 10.9. The van der Waals surface area contributed by atoms with Crippen LogP contribution in [0.4, 0.5) is 5.69 Å². The highest BCUT2D eigenvalue weighted by Gasteiger charge is 2.41. The van der Waals surface area contributed by atoms with Crippen molar-refractivity contribution in [1.29, 1.82) is 0 Å². The van der Waals surface area contributed by atoms with Crippen LogP contribution >= 0.6 is 0 Å². The molecule has 0 radical (unpaired) electrons. The van der Waals surface area contributed by atoms with Gasteiger partial charge in [0.05, 0.1) is 18.0 Å². The zero-order valence-electron chi connectivity index (χ0n) is 18.0. The maximum atomic E-state index is 13.7. The summed E-state index contributed by atoms with van der Waals surface area (Å²) in [6.45, 7) is 1.11. The number of hydrogen-bond donors (Lipinski definition) is 1. The third-order valence-electron chi connectivity index (χ3n) is 5.97. The lowest BCUT2D eigenvalue weighted by atomic mass is 9.73. The number of nitrogens with one attached hydrogen (secondary N) is 1. The summed E-state index contributed by atoms with van der Waals surface area (Å²) in [5.74, 6) is 0.779. The molecule has 2 aromatic carbocycles. The summed E-state index contributed by atoms with van der Waals surface area (Å²) >= 11 is 0. The summed E-state index contributed by atoms with van der Waals surface area (Å²) in [4.78, 5) is 26.3. The Bertz CT molecular complexity index is 1220. The quantitative estimate of drug-likeness (QED) is 0.485. The van der Waals surface area contributed by atoms with Crippen molar-refractivity contribution in [3.63, 3.8) is 0 Å². The molecule has 1 N–H and O–H groups in total. The summed E-state index contributed by atoms with van der Waals surface area (Å²) in [5, 5.41) is 7.18. The Balaban J connectivity index is 1.39. The van der Waals surface area contributed by atoms with Gasteiger partial charge in [0.1, 0.15) is 5.69 Å². The molecule has 8 heteroatoms. The molecule has 0 saturated carbocycles. The first kappa shape index (κ1) is 21.0. The number of carbonyl (C=O) groups excluding carboxylic acids is 1. The Labute approximate surface area is 191 Å². The molecule has 33 heavy (non-hydrogen) atoms. The zero-order chi connectivity index (χ0) is 22.5. The molecule has 4 aromatic rings. The van der Waals surface area contributed by atoms with Gasteiger partial charge >= 0.3 is 0 Å². The predicted molar refractivity (Wildman–Crippen MR) is 121 cm³/mol. The van der Waals surface area contributed by atoms with E-state index in [4.69, 9.17) is 9.26 Å². The van der Waals surface area contributed by atoms with Crippen molar-refractivity contribution in [2.24, 2.45) is 0 Å². The lowest BCUT2D eigenvalue weighted by Gasteiger charge is -2.36. The van der Waals surface area contributed by atoms with E-state index in [9.17, 15) is 4.79 Å². The van der Waals surface area contributed by atoms with Crippen LogP contribution in [-0.4, -0.2) is 39.2 Å². The number of rotatable bonds is 6. The minimum Gasteiger partial charge on any atom is -0.381 e. The van der Waals surface area contributed by atoms with Gasteiger partial charge in [-0.25, -0.2) is 4.98 Å². The van der Waals surface area contributed by atoms with Crippen LogP contribution in [-0.2, 0) is 21.4 Å². The van der Waals surface area contributed by atoms with Crippen LogP contribution in [0.3, 0.4) is 0 Å². The molecule has 8 nitrogen and oxygen atoms in total. The Hall–Kier alpha value is -3.91. The number of amides is 1. The molecular formula is C25H23N5O3. The van der Waals surface area contributed by atoms with E-state index < -0.39 is 5.41 Å². The van der Waals surface area contributed by atoms with Crippen LogP contribution in [0.1, 0.15) is 29.9 Å². The largest absolute Gasteiger partial charge is 0.381 e. The number of carbonyl (C=O) groups is 1. The monoisotopic (exact) mass is 441 g/mol. The van der Waals surface area contributed by atoms with Crippen molar-refractivity contribution < 1.29 is 14.1 Å². The van der Waals surface area contributed by atoms with Crippen molar-refractivity contribution in [2.45, 2.75) is 24.7 Å². The maximum Gasteiger partial charge on any atom is 0.235 e. The summed E-state index contributed by atoms with van der Waals surface area (Å²) in [7, 11) is 0. The Morgan fingerprint density at radius 2 is 1.79 bits per heavy atom. The van der Waals surface area contributed by atoms with Gasteiger partial charge in [-0.15, -0.1) is 0 Å². The summed E-state index contributed by atoms with van der Waals surface area (Å²) in [5.41, 5.74) is 2.53. The van der Waals surface area contributed by atoms with Crippen molar-refractivity contribution >= 4 is 11.6 Å². The second-order valence-electron chi connectivity index (χ2n) is 7.95. The van der Waals surface area contributed by atoms with E-state index in [0.29, 0.717) is 49.9 Å². The summed E-state index contributed by atoms with van der Waals surface area (Å²) in [6, 6.07) is 17.6. The number of hydrogen-bond acceptors (Lipinski definition) is 7. The average molecular weight is 441 g/mol. The fraction of sp³-hybridized carbons (Fsp3) is 0.240. The van der Waals surface area contributed by atoms with Gasteiger partial charge in [-0.1, -0.05) is 53.7 Å².